The lowest BCUT2D eigenvalue weighted by Crippen LogP contribution is -2.08. The van der Waals surface area contributed by atoms with Crippen LogP contribution >= 0.6 is 22.9 Å². The highest BCUT2D eigenvalue weighted by atomic mass is 35.5. The lowest BCUT2D eigenvalue weighted by atomic mass is 10.0. The highest BCUT2D eigenvalue weighted by Gasteiger charge is 2.33. The smallest absolute Gasteiger partial charge is 0.298 e. The maximum atomic E-state index is 12.8. The van der Waals surface area contributed by atoms with Crippen LogP contribution in [0.25, 0.3) is 6.08 Å². The van der Waals surface area contributed by atoms with Gasteiger partial charge in [0.2, 0.25) is 5.91 Å². The zero-order chi connectivity index (χ0) is 18.0. The number of thiazole rings is 1. The van der Waals surface area contributed by atoms with Gasteiger partial charge in [0, 0.05) is 11.0 Å². The third kappa shape index (κ3) is 4.41. The van der Waals surface area contributed by atoms with Gasteiger partial charge in [-0.25, -0.2) is 4.98 Å². The van der Waals surface area contributed by atoms with Crippen LogP contribution in [-0.4, -0.2) is 10.9 Å². The number of hydrogen-bond donors (Lipinski definition) is 1. The van der Waals surface area contributed by atoms with E-state index in [1.54, 1.807) is 0 Å². The molecule has 0 atom stereocenters. The van der Waals surface area contributed by atoms with E-state index in [0.717, 1.165) is 43.5 Å². The summed E-state index contributed by atoms with van der Waals surface area (Å²) in [4.78, 5) is 17.6. The fraction of sp³-hybridized carbons (Fsp3) is 0.294. The van der Waals surface area contributed by atoms with Crippen molar-refractivity contribution < 1.29 is 18.0 Å². The van der Waals surface area contributed by atoms with E-state index in [-0.39, 0.29) is 10.6 Å². The first-order valence-electron chi connectivity index (χ1n) is 7.67. The van der Waals surface area contributed by atoms with Gasteiger partial charge in [-0.3, -0.25) is 10.1 Å². The molecule has 1 aromatic heterocycles. The van der Waals surface area contributed by atoms with Gasteiger partial charge in [0.1, 0.15) is 0 Å². The number of hydrogen-bond acceptors (Lipinski definition) is 3. The number of rotatable bonds is 3. The van der Waals surface area contributed by atoms with Crippen LogP contribution in [0.4, 0.5) is 18.3 Å². The van der Waals surface area contributed by atoms with Gasteiger partial charge in [-0.05, 0) is 49.5 Å². The van der Waals surface area contributed by atoms with Crippen LogP contribution in [0.1, 0.15) is 34.5 Å². The zero-order valence-corrected chi connectivity index (χ0v) is 14.6. The molecule has 1 aromatic carbocycles. The Bertz CT molecular complexity index is 806. The van der Waals surface area contributed by atoms with Crippen LogP contribution in [0.2, 0.25) is 5.02 Å². The van der Waals surface area contributed by atoms with Gasteiger partial charge in [0.05, 0.1) is 16.3 Å². The van der Waals surface area contributed by atoms with Crippen LogP contribution in [0.15, 0.2) is 24.3 Å². The molecule has 0 spiro atoms. The number of carbonyl (C=O) groups is 1. The van der Waals surface area contributed by atoms with Crippen molar-refractivity contribution in [2.24, 2.45) is 0 Å². The normalized spacial score (nSPS) is 14.6. The van der Waals surface area contributed by atoms with Gasteiger partial charge in [-0.2, -0.15) is 13.2 Å². The van der Waals surface area contributed by atoms with Crippen molar-refractivity contribution >= 4 is 40.1 Å². The minimum Gasteiger partial charge on any atom is -0.298 e. The fourth-order valence-electron chi connectivity index (χ4n) is 2.59. The number of benzene rings is 1. The summed E-state index contributed by atoms with van der Waals surface area (Å²) < 4.78 is 38.5. The van der Waals surface area contributed by atoms with Crippen molar-refractivity contribution in [3.8, 4) is 0 Å². The molecule has 1 N–H and O–H groups in total. The first kappa shape index (κ1) is 17.9. The van der Waals surface area contributed by atoms with E-state index in [9.17, 15) is 18.0 Å². The highest BCUT2D eigenvalue weighted by Crippen LogP contribution is 2.35. The lowest BCUT2D eigenvalue weighted by Gasteiger charge is -2.09. The number of nitrogens with zero attached hydrogens (tertiary/aromatic N) is 1. The Morgan fingerprint density at radius 3 is 2.76 bits per heavy atom. The average Bonchev–Trinajstić information content (AvgIpc) is 2.95. The minimum absolute atomic E-state index is 0.241. The van der Waals surface area contributed by atoms with E-state index >= 15 is 0 Å². The van der Waals surface area contributed by atoms with E-state index in [2.05, 4.69) is 10.3 Å². The number of nitrogens with one attached hydrogen (secondary N) is 1. The van der Waals surface area contributed by atoms with Gasteiger partial charge in [-0.15, -0.1) is 11.3 Å². The van der Waals surface area contributed by atoms with Gasteiger partial charge >= 0.3 is 6.18 Å². The van der Waals surface area contributed by atoms with E-state index < -0.39 is 17.6 Å². The van der Waals surface area contributed by atoms with E-state index in [4.69, 9.17) is 11.6 Å². The van der Waals surface area contributed by atoms with Gasteiger partial charge in [0.25, 0.3) is 0 Å². The molecule has 1 heterocycles. The van der Waals surface area contributed by atoms with E-state index in [1.807, 2.05) is 0 Å². The Balaban J connectivity index is 1.69. The second-order valence-electron chi connectivity index (χ2n) is 5.66. The average molecular weight is 387 g/mol. The Morgan fingerprint density at radius 2 is 2.04 bits per heavy atom. The second kappa shape index (κ2) is 7.17. The molecule has 1 aliphatic rings. The monoisotopic (exact) mass is 386 g/mol. The maximum absolute atomic E-state index is 12.8. The zero-order valence-electron chi connectivity index (χ0n) is 13.0. The molecule has 132 valence electrons. The number of alkyl halides is 3. The van der Waals surface area contributed by atoms with Crippen LogP contribution in [0.5, 0.6) is 0 Å². The third-order valence-electron chi connectivity index (χ3n) is 3.80. The summed E-state index contributed by atoms with van der Waals surface area (Å²) in [6, 6.07) is 3.49. The summed E-state index contributed by atoms with van der Waals surface area (Å²) in [5, 5.41) is 2.81. The topological polar surface area (TPSA) is 42.0 Å². The van der Waals surface area contributed by atoms with Crippen molar-refractivity contribution in [2.75, 3.05) is 5.32 Å². The largest absolute Gasteiger partial charge is 0.417 e. The summed E-state index contributed by atoms with van der Waals surface area (Å²) >= 11 is 7.02. The molecule has 2 aromatic rings. The first-order valence-corrected chi connectivity index (χ1v) is 8.87. The molecule has 0 saturated carbocycles. The van der Waals surface area contributed by atoms with Crippen LogP contribution in [0.3, 0.4) is 0 Å². The molecule has 0 bridgehead atoms. The molecule has 1 amide bonds. The van der Waals surface area contributed by atoms with Crippen LogP contribution in [0, 0.1) is 0 Å². The molecule has 1 aliphatic carbocycles. The third-order valence-corrected chi connectivity index (χ3v) is 5.20. The highest BCUT2D eigenvalue weighted by molar-refractivity contribution is 7.15. The summed E-state index contributed by atoms with van der Waals surface area (Å²) in [5.41, 5.74) is 0.345. The lowest BCUT2D eigenvalue weighted by molar-refractivity contribution is -0.137. The number of halogens is 4. The Kier molecular flexibility index (Phi) is 5.15. The Hall–Kier alpha value is -1.86. The quantitative estimate of drug-likeness (QED) is 0.723. The summed E-state index contributed by atoms with van der Waals surface area (Å²) in [6.45, 7) is 0. The Labute approximate surface area is 151 Å². The molecule has 3 nitrogen and oxygen atoms in total. The summed E-state index contributed by atoms with van der Waals surface area (Å²) in [6.07, 6.45) is 2.08. The maximum Gasteiger partial charge on any atom is 0.417 e. The van der Waals surface area contributed by atoms with Crippen molar-refractivity contribution in [1.29, 1.82) is 0 Å². The fourth-order valence-corrected chi connectivity index (χ4v) is 3.87. The number of aromatic nitrogens is 1. The minimum atomic E-state index is -4.54. The molecule has 0 fully saturated rings. The molecule has 8 heteroatoms. The van der Waals surface area contributed by atoms with Gasteiger partial charge in [0.15, 0.2) is 5.13 Å². The van der Waals surface area contributed by atoms with Gasteiger partial charge < -0.3 is 0 Å². The number of fused-ring (bicyclic) bond motifs is 1. The molecule has 3 rings (SSSR count). The second-order valence-corrected chi connectivity index (χ2v) is 7.15. The molecular formula is C17H14ClF3N2OS. The number of amides is 1. The van der Waals surface area contributed by atoms with Crippen molar-refractivity contribution in [1.82, 2.24) is 4.98 Å². The molecule has 0 aliphatic heterocycles. The predicted molar refractivity (Wildman–Crippen MR) is 92.9 cm³/mol. The van der Waals surface area contributed by atoms with Crippen molar-refractivity contribution in [3.05, 3.63) is 51.0 Å². The Morgan fingerprint density at radius 1 is 1.28 bits per heavy atom. The molecule has 0 unspecified atom stereocenters. The number of carbonyl (C=O) groups excluding carboxylic acids is 1. The number of anilines is 1. The van der Waals surface area contributed by atoms with Crippen molar-refractivity contribution in [2.45, 2.75) is 31.9 Å². The summed E-state index contributed by atoms with van der Waals surface area (Å²) in [5.74, 6) is -0.436. The number of aryl methyl sites for hydroxylation is 2. The molecule has 25 heavy (non-hydrogen) atoms. The van der Waals surface area contributed by atoms with Crippen LogP contribution < -0.4 is 5.32 Å². The van der Waals surface area contributed by atoms with Gasteiger partial charge in [-0.1, -0.05) is 17.7 Å². The predicted octanol–water partition coefficient (Wildman–Crippen LogP) is 5.35. The molecule has 0 saturated heterocycles. The molecule has 0 radical (unpaired) electrons. The van der Waals surface area contributed by atoms with Crippen LogP contribution in [-0.2, 0) is 23.8 Å². The van der Waals surface area contributed by atoms with Crippen molar-refractivity contribution in [3.63, 3.8) is 0 Å². The van der Waals surface area contributed by atoms with E-state index in [0.29, 0.717) is 5.13 Å². The first-order chi connectivity index (χ1) is 11.8. The van der Waals surface area contributed by atoms with E-state index in [1.165, 1.54) is 34.4 Å². The standard InChI is InChI=1S/C17H14ClF3N2OS/c18-12-7-5-10(9-11(12)17(19,20)21)6-8-15(24)23-16-22-13-3-1-2-4-14(13)25-16/h5-9H,1-4H2,(H,22,23,24)/b8-6+. The SMILES string of the molecule is O=C(/C=C/c1ccc(Cl)c(C(F)(F)F)c1)Nc1nc2c(s1)CCCC2. The summed E-state index contributed by atoms with van der Waals surface area (Å²) in [7, 11) is 0. The molecular weight excluding hydrogens is 373 g/mol.